The van der Waals surface area contributed by atoms with Gasteiger partial charge >= 0.3 is 0 Å². The monoisotopic (exact) mass is 1880 g/mol. The molecule has 0 saturated heterocycles. The predicted octanol–water partition coefficient (Wildman–Crippen LogP) is 35.8. The Hall–Kier alpha value is -19.9. The number of hydrogen-bond donors (Lipinski definition) is 0. The minimum atomic E-state index is 0.561. The van der Waals surface area contributed by atoms with Gasteiger partial charge in [0.05, 0.1) is 44.1 Å². The molecule has 0 fully saturated rings. The van der Waals surface area contributed by atoms with Crippen molar-refractivity contribution in [2.75, 3.05) is 0 Å². The van der Waals surface area contributed by atoms with Gasteiger partial charge in [0.1, 0.15) is 0 Å². The molecule has 0 atom stereocenters. The summed E-state index contributed by atoms with van der Waals surface area (Å²) in [6, 6.07) is 184. The summed E-state index contributed by atoms with van der Waals surface area (Å²) >= 11 is 0. The maximum Gasteiger partial charge on any atom is 0.238 e. The fourth-order valence-electron chi connectivity index (χ4n) is 23.6. The average molecular weight is 1880 g/mol. The molecule has 0 radical (unpaired) electrons. The molecule has 0 bridgehead atoms. The fourth-order valence-corrected chi connectivity index (χ4v) is 23.6. The topological polar surface area (TPSA) is 97.1 Å². The number of rotatable bonds is 12. The van der Waals surface area contributed by atoms with Gasteiger partial charge in [-0.25, -0.2) is 9.97 Å². The van der Waals surface area contributed by atoms with Crippen molar-refractivity contribution < 1.29 is 0 Å². The maximum absolute atomic E-state index is 5.48. The summed E-state index contributed by atoms with van der Waals surface area (Å²) in [5.41, 5.74) is 24.0. The minimum absolute atomic E-state index is 0.561. The van der Waals surface area contributed by atoms with Gasteiger partial charge in [0.2, 0.25) is 11.9 Å². The molecule has 148 heavy (non-hydrogen) atoms. The molecule has 0 aliphatic rings. The molecule has 0 saturated carbocycles. The summed E-state index contributed by atoms with van der Waals surface area (Å²) in [5.74, 6) is 3.59. The molecule has 0 aliphatic heterocycles. The average Bonchev–Trinajstić information content (AvgIpc) is 1.44. The van der Waals surface area contributed by atoms with Crippen LogP contribution in [0.2, 0.25) is 0 Å². The van der Waals surface area contributed by atoms with Crippen LogP contribution in [-0.4, -0.2) is 48.2 Å². The lowest BCUT2D eigenvalue weighted by molar-refractivity contribution is 0.953. The molecule has 6 heterocycles. The van der Waals surface area contributed by atoms with E-state index >= 15 is 0 Å². The first-order valence-electron chi connectivity index (χ1n) is 50.4. The van der Waals surface area contributed by atoms with E-state index < -0.39 is 0 Å². The van der Waals surface area contributed by atoms with Crippen LogP contribution < -0.4 is 0 Å². The van der Waals surface area contributed by atoms with Crippen molar-refractivity contribution >= 4 is 184 Å². The zero-order valence-electron chi connectivity index (χ0n) is 80.0. The van der Waals surface area contributed by atoms with E-state index in [0.29, 0.717) is 35.2 Å². The van der Waals surface area contributed by atoms with Crippen molar-refractivity contribution in [3.8, 4) is 113 Å². The first-order valence-corrected chi connectivity index (χ1v) is 50.4. The van der Waals surface area contributed by atoms with Crippen LogP contribution in [0, 0.1) is 0 Å². The molecule has 10 nitrogen and oxygen atoms in total. The molecule has 0 spiro atoms. The van der Waals surface area contributed by atoms with Crippen LogP contribution >= 0.6 is 0 Å². The van der Waals surface area contributed by atoms with Crippen molar-refractivity contribution in [2.24, 2.45) is 0 Å². The Morgan fingerprint density at radius 3 is 0.615 bits per heavy atom. The van der Waals surface area contributed by atoms with Crippen LogP contribution in [0.3, 0.4) is 0 Å². The van der Waals surface area contributed by atoms with E-state index in [2.05, 4.69) is 491 Å². The van der Waals surface area contributed by atoms with Crippen LogP contribution in [-0.2, 0) is 0 Å². The standard InChI is InChI=1S/C69H41N5.C69H43N5/c1-2-16-46(17-3-1)73-63-28-14-12-26-57(63)61-38-42(32-36-65(61)73)43-33-37-66-62(39-43)58-27-13-15-29-64(58)74(66)69-71-67(44-30-34-55-51-22-6-4-18-47(51)49-20-8-10-24-53(49)59(55)40-44)70-68(72-69)45-31-35-56-52-23-7-5-19-48(52)50-21-9-11-25-54(50)60(56)41-45;1-5-17-44(18-6-1)48-29-35-63-59(39-48)60-41-50(31-36-64(60)73(63)52-33-34-57-55-27-14-13-25-53(55)54-26-15-16-28-56(54)58(57)43-52)51-32-38-66-62(42-51)61-40-49(45-19-7-2-8-20-45)30-37-65(61)74(66)69-71-67(46-21-9-3-10-22-46)70-68(72-69)47-23-11-4-12-24-47/h1-41H;1-43H. The van der Waals surface area contributed by atoms with Gasteiger partial charge in [-0.2, -0.15) is 19.9 Å². The Bertz CT molecular complexity index is 10600. The van der Waals surface area contributed by atoms with Crippen LogP contribution in [0.5, 0.6) is 0 Å². The Kier molecular flexibility index (Phi) is 19.2. The predicted molar refractivity (Wildman–Crippen MR) is 618 cm³/mol. The smallest absolute Gasteiger partial charge is 0.238 e. The van der Waals surface area contributed by atoms with Crippen molar-refractivity contribution in [1.82, 2.24) is 48.2 Å². The van der Waals surface area contributed by atoms with Gasteiger partial charge in [-0.15, -0.1) is 0 Å². The molecule has 0 amide bonds. The Labute approximate surface area is 849 Å². The summed E-state index contributed by atoms with van der Waals surface area (Å²) < 4.78 is 9.26. The van der Waals surface area contributed by atoms with E-state index in [1.807, 2.05) is 36.4 Å². The highest BCUT2D eigenvalue weighted by atomic mass is 15.2. The third-order valence-electron chi connectivity index (χ3n) is 30.5. The van der Waals surface area contributed by atoms with E-state index in [1.54, 1.807) is 0 Å². The van der Waals surface area contributed by atoms with E-state index in [1.165, 1.54) is 130 Å². The van der Waals surface area contributed by atoms with Crippen LogP contribution in [0.25, 0.3) is 298 Å². The lowest BCUT2D eigenvalue weighted by Gasteiger charge is -2.14. The van der Waals surface area contributed by atoms with Gasteiger partial charge in [-0.3, -0.25) is 9.13 Å². The van der Waals surface area contributed by atoms with E-state index in [9.17, 15) is 0 Å². The number of hydrogen-bond acceptors (Lipinski definition) is 6. The molecule has 0 N–H and O–H groups in total. The number of fused-ring (bicyclic) bond motifs is 30. The zero-order chi connectivity index (χ0) is 97.1. The highest BCUT2D eigenvalue weighted by Gasteiger charge is 2.27. The third kappa shape index (κ3) is 13.6. The highest BCUT2D eigenvalue weighted by molar-refractivity contribution is 6.29. The summed E-state index contributed by atoms with van der Waals surface area (Å²) in [4.78, 5) is 31.9. The second-order valence-electron chi connectivity index (χ2n) is 38.7. The quantitative estimate of drug-likeness (QED) is 0.113. The molecule has 31 rings (SSSR count). The molecule has 25 aromatic carbocycles. The van der Waals surface area contributed by atoms with Crippen molar-refractivity contribution in [3.05, 3.63) is 510 Å². The first kappa shape index (κ1) is 83.8. The summed E-state index contributed by atoms with van der Waals surface area (Å²) in [7, 11) is 0. The van der Waals surface area contributed by atoms with Gasteiger partial charge in [0.25, 0.3) is 0 Å². The zero-order valence-corrected chi connectivity index (χ0v) is 80.0. The van der Waals surface area contributed by atoms with Crippen LogP contribution in [0.1, 0.15) is 0 Å². The van der Waals surface area contributed by atoms with Gasteiger partial charge in [-0.05, 0) is 263 Å². The van der Waals surface area contributed by atoms with Gasteiger partial charge in [0, 0.05) is 76.7 Å². The van der Waals surface area contributed by atoms with Crippen LogP contribution in [0.4, 0.5) is 0 Å². The number of para-hydroxylation sites is 3. The second-order valence-corrected chi connectivity index (χ2v) is 38.7. The molecular weight excluding hydrogens is 1800 g/mol. The van der Waals surface area contributed by atoms with Crippen molar-refractivity contribution in [2.45, 2.75) is 0 Å². The molecule has 0 unspecified atom stereocenters. The molecule has 0 aliphatic carbocycles. The van der Waals surface area contributed by atoms with Crippen LogP contribution in [0.15, 0.2) is 510 Å². The van der Waals surface area contributed by atoms with Crippen molar-refractivity contribution in [1.29, 1.82) is 0 Å². The van der Waals surface area contributed by atoms with Crippen molar-refractivity contribution in [3.63, 3.8) is 0 Å². The fraction of sp³-hybridized carbons (Fsp3) is 0. The second kappa shape index (κ2) is 33.9. The van der Waals surface area contributed by atoms with Gasteiger partial charge in [-0.1, -0.05) is 388 Å². The largest absolute Gasteiger partial charge is 0.309 e. The summed E-state index contributed by atoms with van der Waals surface area (Å²) in [6.07, 6.45) is 0. The number of nitrogens with zero attached hydrogens (tertiary/aromatic N) is 10. The summed E-state index contributed by atoms with van der Waals surface area (Å²) in [5, 5.41) is 31.4. The molecule has 31 aromatic rings. The highest BCUT2D eigenvalue weighted by Crippen LogP contribution is 2.48. The molecule has 10 heteroatoms. The summed E-state index contributed by atoms with van der Waals surface area (Å²) in [6.45, 7) is 0. The normalized spacial score (nSPS) is 11.9. The van der Waals surface area contributed by atoms with Gasteiger partial charge < -0.3 is 9.13 Å². The Morgan fingerprint density at radius 2 is 0.297 bits per heavy atom. The van der Waals surface area contributed by atoms with E-state index in [0.717, 1.165) is 132 Å². The molecular formula is C138H84N10. The SMILES string of the molecule is c1ccc(-c2ccc3c(c2)c2cc(-c4ccc5c(c4)c4cc(-c6ccccc6)ccc4n5-c4nc(-c5ccccc5)nc(-c5ccccc5)n4)ccc2n3-c2ccc3c4ccccc4c4ccccc4c3c2)cc1.c1ccc(-n2c3ccccc3c3cc(-c4ccc5c(c4)c4ccccc4n5-c4nc(-c5ccc6c7ccccc7c7ccccc7c6c5)nc(-c5ccc6c7ccccc7c7ccccc7c6c5)n4)ccc32)cc1. The Balaban J connectivity index is 0.000000137. The molecule has 686 valence electrons. The molecule has 6 aromatic heterocycles. The maximum atomic E-state index is 5.48. The minimum Gasteiger partial charge on any atom is -0.309 e. The van der Waals surface area contributed by atoms with E-state index in [-0.39, 0.29) is 0 Å². The Morgan fingerprint density at radius 1 is 0.101 bits per heavy atom. The lowest BCUT2D eigenvalue weighted by atomic mass is 9.93. The van der Waals surface area contributed by atoms with E-state index in [4.69, 9.17) is 29.9 Å². The lowest BCUT2D eigenvalue weighted by Crippen LogP contribution is -2.06. The first-order chi connectivity index (χ1) is 73.4. The number of benzene rings is 25. The van der Waals surface area contributed by atoms with Gasteiger partial charge in [0.15, 0.2) is 23.3 Å². The number of aromatic nitrogens is 10. The third-order valence-corrected chi connectivity index (χ3v) is 30.5.